The first-order valence-corrected chi connectivity index (χ1v) is 4.03. The van der Waals surface area contributed by atoms with E-state index < -0.39 is 30.7 Å². The van der Waals surface area contributed by atoms with Gasteiger partial charge in [0.15, 0.2) is 0 Å². The molecule has 3 nitrogen and oxygen atoms in total. The van der Waals surface area contributed by atoms with E-state index in [1.165, 1.54) is 12.2 Å². The van der Waals surface area contributed by atoms with Crippen molar-refractivity contribution in [1.82, 2.24) is 5.32 Å². The maximum Gasteiger partial charge on any atom is 0.463 e. The Morgan fingerprint density at radius 1 is 1.33 bits per heavy atom. The van der Waals surface area contributed by atoms with E-state index in [2.05, 4.69) is 0 Å². The molecule has 0 aliphatic rings. The number of nitrogens with one attached hydrogen (secondary N) is 1. The molecule has 90 valence electrons. The molecule has 0 bridgehead atoms. The summed E-state index contributed by atoms with van der Waals surface area (Å²) in [4.78, 5) is 10.5. The Morgan fingerprint density at radius 2 is 1.80 bits per heavy atom. The SMILES string of the molecule is CC[C@@H](CO)NC(=O)C(F)(F)C(F)(F)F. The number of rotatable bonds is 4. The van der Waals surface area contributed by atoms with Crippen LogP contribution in [0.15, 0.2) is 0 Å². The van der Waals surface area contributed by atoms with Crippen LogP contribution in [0.5, 0.6) is 0 Å². The van der Waals surface area contributed by atoms with Crippen LogP contribution in [0.25, 0.3) is 0 Å². The van der Waals surface area contributed by atoms with Crippen molar-refractivity contribution in [3.63, 3.8) is 0 Å². The summed E-state index contributed by atoms with van der Waals surface area (Å²) in [6, 6.07) is -1.11. The Balaban J connectivity index is 4.58. The monoisotopic (exact) mass is 235 g/mol. The summed E-state index contributed by atoms with van der Waals surface area (Å²) >= 11 is 0. The average molecular weight is 235 g/mol. The van der Waals surface area contributed by atoms with Crippen LogP contribution in [0.3, 0.4) is 0 Å². The maximum absolute atomic E-state index is 12.3. The number of hydrogen-bond acceptors (Lipinski definition) is 2. The zero-order chi connectivity index (χ0) is 12.3. The van der Waals surface area contributed by atoms with E-state index in [-0.39, 0.29) is 6.42 Å². The van der Waals surface area contributed by atoms with Crippen LogP contribution in [0, 0.1) is 0 Å². The molecular formula is C7H10F5NO2. The number of alkyl halides is 5. The van der Waals surface area contributed by atoms with Gasteiger partial charge < -0.3 is 10.4 Å². The minimum absolute atomic E-state index is 0.0518. The third-order valence-corrected chi connectivity index (χ3v) is 1.69. The van der Waals surface area contributed by atoms with Gasteiger partial charge in [-0.1, -0.05) is 6.92 Å². The van der Waals surface area contributed by atoms with Crippen molar-refractivity contribution < 1.29 is 31.9 Å². The fourth-order valence-electron chi connectivity index (χ4n) is 0.682. The first-order valence-electron chi connectivity index (χ1n) is 4.03. The van der Waals surface area contributed by atoms with Gasteiger partial charge in [-0.25, -0.2) is 0 Å². The summed E-state index contributed by atoms with van der Waals surface area (Å²) in [5.41, 5.74) is 0. The predicted octanol–water partition coefficient (Wildman–Crippen LogP) is 1.07. The van der Waals surface area contributed by atoms with E-state index in [0.717, 1.165) is 0 Å². The highest BCUT2D eigenvalue weighted by Crippen LogP contribution is 2.35. The molecule has 0 radical (unpaired) electrons. The molecule has 0 rings (SSSR count). The van der Waals surface area contributed by atoms with Crippen LogP contribution in [0.1, 0.15) is 13.3 Å². The molecule has 0 aliphatic heterocycles. The maximum atomic E-state index is 12.3. The topological polar surface area (TPSA) is 49.3 Å². The molecule has 0 saturated carbocycles. The number of amides is 1. The van der Waals surface area contributed by atoms with E-state index in [0.29, 0.717) is 0 Å². The van der Waals surface area contributed by atoms with Crippen LogP contribution < -0.4 is 5.32 Å². The van der Waals surface area contributed by atoms with Crippen molar-refractivity contribution in [2.24, 2.45) is 0 Å². The molecule has 0 aromatic rings. The van der Waals surface area contributed by atoms with Crippen molar-refractivity contribution in [2.45, 2.75) is 31.5 Å². The first-order chi connectivity index (χ1) is 6.66. The standard InChI is InChI=1S/C7H10F5NO2/c1-2-4(3-14)13-5(15)6(8,9)7(10,11)12/h4,14H,2-3H2,1H3,(H,13,15)/t4-/m0/s1. The molecule has 0 aliphatic carbocycles. The third kappa shape index (κ3) is 3.29. The van der Waals surface area contributed by atoms with Crippen LogP contribution in [0.2, 0.25) is 0 Å². The fourth-order valence-corrected chi connectivity index (χ4v) is 0.682. The predicted molar refractivity (Wildman–Crippen MR) is 40.3 cm³/mol. The van der Waals surface area contributed by atoms with Crippen molar-refractivity contribution in [3.05, 3.63) is 0 Å². The Bertz CT molecular complexity index is 224. The van der Waals surface area contributed by atoms with Crippen molar-refractivity contribution >= 4 is 5.91 Å². The van der Waals surface area contributed by atoms with Crippen LogP contribution in [-0.2, 0) is 4.79 Å². The van der Waals surface area contributed by atoms with Gasteiger partial charge >= 0.3 is 18.0 Å². The minimum atomic E-state index is -5.93. The Kier molecular flexibility index (Phi) is 4.44. The van der Waals surface area contributed by atoms with E-state index in [9.17, 15) is 26.7 Å². The van der Waals surface area contributed by atoms with Gasteiger partial charge in [0.05, 0.1) is 12.6 Å². The quantitative estimate of drug-likeness (QED) is 0.716. The summed E-state index contributed by atoms with van der Waals surface area (Å²) in [5, 5.41) is 9.91. The van der Waals surface area contributed by atoms with Crippen molar-refractivity contribution in [2.75, 3.05) is 6.61 Å². The van der Waals surface area contributed by atoms with Gasteiger partial charge in [-0.15, -0.1) is 0 Å². The Morgan fingerprint density at radius 3 is 2.07 bits per heavy atom. The highest BCUT2D eigenvalue weighted by atomic mass is 19.4. The Labute approximate surface area is 82.3 Å². The molecule has 0 heterocycles. The van der Waals surface area contributed by atoms with E-state index in [4.69, 9.17) is 5.11 Å². The lowest BCUT2D eigenvalue weighted by atomic mass is 10.2. The molecule has 0 fully saturated rings. The van der Waals surface area contributed by atoms with Crippen LogP contribution in [0.4, 0.5) is 22.0 Å². The Hall–Kier alpha value is -0.920. The summed E-state index contributed by atoms with van der Waals surface area (Å²) in [6.45, 7) is 0.725. The lowest BCUT2D eigenvalue weighted by Crippen LogP contribution is -2.53. The normalized spacial score (nSPS) is 14.9. The summed E-state index contributed by atoms with van der Waals surface area (Å²) in [5.74, 6) is -7.88. The largest absolute Gasteiger partial charge is 0.463 e. The summed E-state index contributed by atoms with van der Waals surface area (Å²) < 4.78 is 59.7. The zero-order valence-corrected chi connectivity index (χ0v) is 7.74. The minimum Gasteiger partial charge on any atom is -0.394 e. The van der Waals surface area contributed by atoms with Gasteiger partial charge in [0.1, 0.15) is 0 Å². The molecule has 0 aromatic heterocycles. The average Bonchev–Trinajstić information content (AvgIpc) is 2.11. The van der Waals surface area contributed by atoms with E-state index in [1.807, 2.05) is 0 Å². The van der Waals surface area contributed by atoms with Gasteiger partial charge in [-0.2, -0.15) is 22.0 Å². The molecule has 1 amide bonds. The number of hydrogen-bond donors (Lipinski definition) is 2. The first kappa shape index (κ1) is 14.1. The molecule has 2 N–H and O–H groups in total. The molecule has 8 heteroatoms. The second-order valence-electron chi connectivity index (χ2n) is 2.83. The second-order valence-corrected chi connectivity index (χ2v) is 2.83. The lowest BCUT2D eigenvalue weighted by Gasteiger charge is -2.21. The molecular weight excluding hydrogens is 225 g/mol. The third-order valence-electron chi connectivity index (χ3n) is 1.69. The summed E-state index contributed by atoms with van der Waals surface area (Å²) in [7, 11) is 0. The van der Waals surface area contributed by atoms with Gasteiger partial charge in [0.2, 0.25) is 0 Å². The van der Waals surface area contributed by atoms with Crippen molar-refractivity contribution in [3.8, 4) is 0 Å². The highest BCUT2D eigenvalue weighted by molar-refractivity contribution is 5.84. The number of carbonyl (C=O) groups excluding carboxylic acids is 1. The summed E-state index contributed by atoms with van der Waals surface area (Å²) in [6.07, 6.45) is -5.87. The fraction of sp³-hybridized carbons (Fsp3) is 0.857. The number of carbonyl (C=O) groups is 1. The molecule has 0 aromatic carbocycles. The molecule has 1 atom stereocenters. The van der Waals surface area contributed by atoms with Crippen LogP contribution >= 0.6 is 0 Å². The van der Waals surface area contributed by atoms with Gasteiger partial charge in [-0.05, 0) is 6.42 Å². The van der Waals surface area contributed by atoms with Gasteiger partial charge in [-0.3, -0.25) is 4.79 Å². The van der Waals surface area contributed by atoms with E-state index >= 15 is 0 Å². The molecule has 0 spiro atoms. The van der Waals surface area contributed by atoms with Crippen LogP contribution in [-0.4, -0.2) is 35.8 Å². The number of halogens is 5. The second kappa shape index (κ2) is 4.73. The molecule has 0 saturated heterocycles. The number of aliphatic hydroxyl groups is 1. The molecule has 15 heavy (non-hydrogen) atoms. The smallest absolute Gasteiger partial charge is 0.394 e. The molecule has 0 unspecified atom stereocenters. The van der Waals surface area contributed by atoms with Gasteiger partial charge in [0.25, 0.3) is 0 Å². The van der Waals surface area contributed by atoms with Gasteiger partial charge in [0, 0.05) is 0 Å². The van der Waals surface area contributed by atoms with E-state index in [1.54, 1.807) is 0 Å². The van der Waals surface area contributed by atoms with Crippen molar-refractivity contribution in [1.29, 1.82) is 0 Å². The number of aliphatic hydroxyl groups excluding tert-OH is 1. The lowest BCUT2D eigenvalue weighted by molar-refractivity contribution is -0.270. The highest BCUT2D eigenvalue weighted by Gasteiger charge is 2.63. The zero-order valence-electron chi connectivity index (χ0n) is 7.74.